The molecule has 14 heavy (non-hydrogen) atoms. The summed E-state index contributed by atoms with van der Waals surface area (Å²) in [6.07, 6.45) is 4.57. The molecule has 0 spiro atoms. The number of aromatic nitrogens is 2. The van der Waals surface area contributed by atoms with Crippen LogP contribution in [0.25, 0.3) is 0 Å². The first-order chi connectivity index (χ1) is 6.77. The molecule has 0 saturated carbocycles. The Kier molecular flexibility index (Phi) is 4.62. The van der Waals surface area contributed by atoms with E-state index >= 15 is 0 Å². The maximum Gasteiger partial charge on any atom is 0.110 e. The van der Waals surface area contributed by atoms with E-state index in [2.05, 4.69) is 16.5 Å². The molecule has 1 aromatic rings. The van der Waals surface area contributed by atoms with Gasteiger partial charge in [-0.25, -0.2) is 4.98 Å². The highest BCUT2D eigenvalue weighted by molar-refractivity contribution is 4.94. The van der Waals surface area contributed by atoms with Crippen LogP contribution in [0.3, 0.4) is 0 Å². The Balaban J connectivity index is 2.42. The molecule has 1 unspecified atom stereocenters. The van der Waals surface area contributed by atoms with Crippen LogP contribution < -0.4 is 5.73 Å². The largest absolute Gasteiger partial charge is 0.380 e. The van der Waals surface area contributed by atoms with Gasteiger partial charge in [0.15, 0.2) is 0 Å². The summed E-state index contributed by atoms with van der Waals surface area (Å²) in [5.74, 6) is 1.04. The molecule has 0 fully saturated rings. The van der Waals surface area contributed by atoms with Crippen LogP contribution in [0, 0.1) is 0 Å². The number of rotatable bonds is 6. The summed E-state index contributed by atoms with van der Waals surface area (Å²) >= 11 is 0. The van der Waals surface area contributed by atoms with Gasteiger partial charge in [-0.05, 0) is 13.8 Å². The third kappa shape index (κ3) is 3.12. The molecule has 1 atom stereocenters. The lowest BCUT2D eigenvalue weighted by Gasteiger charge is -2.11. The normalized spacial score (nSPS) is 13.1. The van der Waals surface area contributed by atoms with E-state index in [9.17, 15) is 0 Å². The molecule has 0 amide bonds. The van der Waals surface area contributed by atoms with Gasteiger partial charge in [-0.15, -0.1) is 0 Å². The summed E-state index contributed by atoms with van der Waals surface area (Å²) in [4.78, 5) is 4.26. The van der Waals surface area contributed by atoms with Crippen molar-refractivity contribution in [1.29, 1.82) is 0 Å². The van der Waals surface area contributed by atoms with Gasteiger partial charge in [-0.3, -0.25) is 0 Å². The fraction of sp³-hybridized carbons (Fsp3) is 0.700. The van der Waals surface area contributed by atoms with Crippen molar-refractivity contribution in [2.24, 2.45) is 5.73 Å². The van der Waals surface area contributed by atoms with E-state index in [4.69, 9.17) is 10.5 Å². The Bertz CT molecular complexity index is 260. The SMILES string of the molecule is CCOCC(N)Cc1nccn1CC. The Morgan fingerprint density at radius 3 is 3.00 bits per heavy atom. The molecule has 0 aliphatic carbocycles. The predicted molar refractivity (Wildman–Crippen MR) is 56.1 cm³/mol. The second-order valence-electron chi connectivity index (χ2n) is 3.25. The van der Waals surface area contributed by atoms with Gasteiger partial charge in [0.2, 0.25) is 0 Å². The van der Waals surface area contributed by atoms with Crippen molar-refractivity contribution >= 4 is 0 Å². The fourth-order valence-electron chi connectivity index (χ4n) is 1.38. The molecular weight excluding hydrogens is 178 g/mol. The van der Waals surface area contributed by atoms with Gasteiger partial charge in [-0.2, -0.15) is 0 Å². The van der Waals surface area contributed by atoms with Gasteiger partial charge < -0.3 is 15.0 Å². The Morgan fingerprint density at radius 1 is 1.57 bits per heavy atom. The molecule has 0 aromatic carbocycles. The quantitative estimate of drug-likeness (QED) is 0.734. The Hall–Kier alpha value is -0.870. The summed E-state index contributed by atoms with van der Waals surface area (Å²) in [7, 11) is 0. The molecule has 2 N–H and O–H groups in total. The minimum atomic E-state index is 0.0441. The van der Waals surface area contributed by atoms with Crippen molar-refractivity contribution in [2.45, 2.75) is 32.9 Å². The highest BCUT2D eigenvalue weighted by atomic mass is 16.5. The molecule has 0 saturated heterocycles. The van der Waals surface area contributed by atoms with Crippen molar-refractivity contribution in [1.82, 2.24) is 9.55 Å². The van der Waals surface area contributed by atoms with Crippen LogP contribution in [0.5, 0.6) is 0 Å². The number of nitrogens with zero attached hydrogens (tertiary/aromatic N) is 2. The molecule has 0 radical (unpaired) electrons. The van der Waals surface area contributed by atoms with E-state index in [0.29, 0.717) is 6.61 Å². The monoisotopic (exact) mass is 197 g/mol. The van der Waals surface area contributed by atoms with E-state index in [1.165, 1.54) is 0 Å². The van der Waals surface area contributed by atoms with Gasteiger partial charge in [-0.1, -0.05) is 0 Å². The molecule has 1 heterocycles. The maximum atomic E-state index is 5.90. The first-order valence-corrected chi connectivity index (χ1v) is 5.11. The van der Waals surface area contributed by atoms with Crippen molar-refractivity contribution < 1.29 is 4.74 Å². The van der Waals surface area contributed by atoms with E-state index in [1.54, 1.807) is 0 Å². The van der Waals surface area contributed by atoms with Crippen LogP contribution >= 0.6 is 0 Å². The third-order valence-corrected chi connectivity index (χ3v) is 2.12. The minimum absolute atomic E-state index is 0.0441. The molecule has 1 rings (SSSR count). The van der Waals surface area contributed by atoms with Crippen molar-refractivity contribution in [3.05, 3.63) is 18.2 Å². The van der Waals surface area contributed by atoms with E-state index in [-0.39, 0.29) is 6.04 Å². The van der Waals surface area contributed by atoms with Crippen LogP contribution in [-0.2, 0) is 17.7 Å². The van der Waals surface area contributed by atoms with Crippen LogP contribution in [0.2, 0.25) is 0 Å². The molecular formula is C10H19N3O. The van der Waals surface area contributed by atoms with Crippen LogP contribution in [-0.4, -0.2) is 28.8 Å². The second kappa shape index (κ2) is 5.78. The highest BCUT2D eigenvalue weighted by Crippen LogP contribution is 2.01. The highest BCUT2D eigenvalue weighted by Gasteiger charge is 2.07. The van der Waals surface area contributed by atoms with Crippen molar-refractivity contribution in [3.8, 4) is 0 Å². The number of aryl methyl sites for hydroxylation is 1. The van der Waals surface area contributed by atoms with Gasteiger partial charge in [0.25, 0.3) is 0 Å². The van der Waals surface area contributed by atoms with Crippen LogP contribution in [0.1, 0.15) is 19.7 Å². The average molecular weight is 197 g/mol. The molecule has 0 bridgehead atoms. The van der Waals surface area contributed by atoms with Crippen molar-refractivity contribution in [2.75, 3.05) is 13.2 Å². The number of imidazole rings is 1. The molecule has 80 valence electrons. The zero-order chi connectivity index (χ0) is 10.4. The number of ether oxygens (including phenoxy) is 1. The Labute approximate surface area is 85.1 Å². The van der Waals surface area contributed by atoms with E-state index in [0.717, 1.165) is 25.4 Å². The Morgan fingerprint density at radius 2 is 2.36 bits per heavy atom. The average Bonchev–Trinajstić information content (AvgIpc) is 2.62. The fourth-order valence-corrected chi connectivity index (χ4v) is 1.38. The van der Waals surface area contributed by atoms with E-state index < -0.39 is 0 Å². The maximum absolute atomic E-state index is 5.90. The third-order valence-electron chi connectivity index (χ3n) is 2.12. The first kappa shape index (κ1) is 11.2. The minimum Gasteiger partial charge on any atom is -0.380 e. The van der Waals surface area contributed by atoms with Gasteiger partial charge >= 0.3 is 0 Å². The van der Waals surface area contributed by atoms with Gasteiger partial charge in [0.05, 0.1) is 6.61 Å². The predicted octanol–water partition coefficient (Wildman–Crippen LogP) is 0.809. The lowest BCUT2D eigenvalue weighted by molar-refractivity contribution is 0.132. The summed E-state index contributed by atoms with van der Waals surface area (Å²) in [5, 5.41) is 0. The molecule has 0 aliphatic heterocycles. The lowest BCUT2D eigenvalue weighted by Crippen LogP contribution is -2.30. The molecule has 1 aromatic heterocycles. The zero-order valence-electron chi connectivity index (χ0n) is 8.94. The molecule has 4 nitrogen and oxygen atoms in total. The standard InChI is InChI=1S/C10H19N3O/c1-3-13-6-5-12-10(13)7-9(11)8-14-4-2/h5-6,9H,3-4,7-8,11H2,1-2H3. The molecule has 0 aliphatic rings. The molecule has 4 heteroatoms. The lowest BCUT2D eigenvalue weighted by atomic mass is 10.2. The second-order valence-corrected chi connectivity index (χ2v) is 3.25. The summed E-state index contributed by atoms with van der Waals surface area (Å²) in [6.45, 7) is 6.33. The van der Waals surface area contributed by atoms with Gasteiger partial charge in [0.1, 0.15) is 5.82 Å². The van der Waals surface area contributed by atoms with Crippen molar-refractivity contribution in [3.63, 3.8) is 0 Å². The smallest absolute Gasteiger partial charge is 0.110 e. The number of nitrogens with two attached hydrogens (primary N) is 1. The summed E-state index contributed by atoms with van der Waals surface area (Å²) in [5.41, 5.74) is 5.90. The zero-order valence-corrected chi connectivity index (χ0v) is 8.94. The van der Waals surface area contributed by atoms with Crippen LogP contribution in [0.4, 0.5) is 0 Å². The van der Waals surface area contributed by atoms with Gasteiger partial charge in [0, 0.05) is 38.0 Å². The summed E-state index contributed by atoms with van der Waals surface area (Å²) in [6, 6.07) is 0.0441. The first-order valence-electron chi connectivity index (χ1n) is 5.11. The number of hydrogen-bond acceptors (Lipinski definition) is 3. The van der Waals surface area contributed by atoms with Crippen LogP contribution in [0.15, 0.2) is 12.4 Å². The summed E-state index contributed by atoms with van der Waals surface area (Å²) < 4.78 is 7.36. The number of hydrogen-bond donors (Lipinski definition) is 1. The van der Waals surface area contributed by atoms with E-state index in [1.807, 2.05) is 19.3 Å². The topological polar surface area (TPSA) is 53.1 Å².